The summed E-state index contributed by atoms with van der Waals surface area (Å²) in [6.07, 6.45) is 6.22. The number of ether oxygens (including phenoxy) is 2. The Morgan fingerprint density at radius 2 is 1.50 bits per heavy atom. The first-order valence-electron chi connectivity index (χ1n) is 15.3. The number of benzene rings is 2. The van der Waals surface area contributed by atoms with E-state index in [1.165, 1.54) is 6.42 Å². The summed E-state index contributed by atoms with van der Waals surface area (Å²) in [5.74, 6) is -0.136. The lowest BCUT2D eigenvalue weighted by molar-refractivity contribution is -0.142. The molecule has 2 N–H and O–H groups in total. The molecule has 0 bridgehead atoms. The summed E-state index contributed by atoms with van der Waals surface area (Å²) in [6.45, 7) is 11.8. The fourth-order valence-electron chi connectivity index (χ4n) is 4.72. The topological polar surface area (TPSA) is 97.0 Å². The molecule has 8 heteroatoms. The van der Waals surface area contributed by atoms with Gasteiger partial charge >= 0.3 is 6.09 Å². The summed E-state index contributed by atoms with van der Waals surface area (Å²) >= 11 is 0. The van der Waals surface area contributed by atoms with Crippen molar-refractivity contribution in [2.45, 2.75) is 104 Å². The molecule has 2 aromatic rings. The average molecular weight is 582 g/mol. The lowest BCUT2D eigenvalue weighted by Crippen LogP contribution is -2.55. The Hall–Kier alpha value is -3.55. The maximum Gasteiger partial charge on any atom is 0.408 e. The molecule has 0 fully saturated rings. The smallest absolute Gasteiger partial charge is 0.408 e. The van der Waals surface area contributed by atoms with Crippen LogP contribution >= 0.6 is 0 Å². The van der Waals surface area contributed by atoms with Crippen LogP contribution in [-0.2, 0) is 14.3 Å². The van der Waals surface area contributed by atoms with Gasteiger partial charge in [0.15, 0.2) is 0 Å². The van der Waals surface area contributed by atoms with Gasteiger partial charge < -0.3 is 25.0 Å². The van der Waals surface area contributed by atoms with E-state index in [0.29, 0.717) is 30.0 Å². The second-order valence-corrected chi connectivity index (χ2v) is 11.8. The van der Waals surface area contributed by atoms with Crippen molar-refractivity contribution >= 4 is 23.6 Å². The molecule has 0 spiro atoms. The number of nitrogens with one attached hydrogen (secondary N) is 2. The summed E-state index contributed by atoms with van der Waals surface area (Å²) in [5, 5.41) is 5.83. The number of anilines is 1. The summed E-state index contributed by atoms with van der Waals surface area (Å²) in [4.78, 5) is 42.9. The zero-order valence-corrected chi connectivity index (χ0v) is 26.6. The quantitative estimate of drug-likeness (QED) is 0.200. The molecule has 0 aliphatic heterocycles. The van der Waals surface area contributed by atoms with E-state index >= 15 is 0 Å². The van der Waals surface area contributed by atoms with E-state index in [1.54, 1.807) is 57.0 Å². The Morgan fingerprint density at radius 1 is 0.881 bits per heavy atom. The molecular formula is C34H51N3O5. The minimum atomic E-state index is -0.900. The summed E-state index contributed by atoms with van der Waals surface area (Å²) in [5.41, 5.74) is 0.581. The fraction of sp³-hybridized carbons (Fsp3) is 0.559. The standard InChI is InChI=1S/C34H51N3O5/c1-8-10-11-12-13-17-24-37(32(39)29(25(3)9-2)36-33(40)42-34(4,5)6)30(26-18-15-14-16-19-26)31(38)35-27-20-22-28(41-7)23-21-27/h14-16,18-23,25,29-30H,8-13,17,24H2,1-7H3,(H,35,38)(H,36,40). The van der Waals surface area contributed by atoms with Gasteiger partial charge in [-0.25, -0.2) is 4.79 Å². The Kier molecular flexibility index (Phi) is 14.4. The van der Waals surface area contributed by atoms with E-state index in [9.17, 15) is 14.4 Å². The van der Waals surface area contributed by atoms with Crippen molar-refractivity contribution in [1.29, 1.82) is 0 Å². The molecule has 3 unspecified atom stereocenters. The number of unbranched alkanes of at least 4 members (excludes halogenated alkanes) is 5. The largest absolute Gasteiger partial charge is 0.497 e. The molecule has 0 aromatic heterocycles. The van der Waals surface area contributed by atoms with Crippen molar-refractivity contribution in [3.63, 3.8) is 0 Å². The molecule has 0 aliphatic rings. The van der Waals surface area contributed by atoms with Gasteiger partial charge in [-0.3, -0.25) is 9.59 Å². The molecule has 3 amide bonds. The Balaban J connectivity index is 2.47. The van der Waals surface area contributed by atoms with E-state index in [2.05, 4.69) is 17.6 Å². The van der Waals surface area contributed by atoms with Crippen LogP contribution in [0.2, 0.25) is 0 Å². The molecule has 8 nitrogen and oxygen atoms in total. The van der Waals surface area contributed by atoms with Crippen molar-refractivity contribution in [3.05, 3.63) is 60.2 Å². The van der Waals surface area contributed by atoms with Crippen LogP contribution in [0.25, 0.3) is 0 Å². The summed E-state index contributed by atoms with van der Waals surface area (Å²) < 4.78 is 10.8. The SMILES string of the molecule is CCCCCCCCN(C(=O)C(NC(=O)OC(C)(C)C)C(C)CC)C(C(=O)Nc1ccc(OC)cc1)c1ccccc1. The van der Waals surface area contributed by atoms with E-state index in [1.807, 2.05) is 44.2 Å². The van der Waals surface area contributed by atoms with Gasteiger partial charge in [0.1, 0.15) is 23.4 Å². The number of alkyl carbamates (subject to hydrolysis) is 1. The normalized spacial score (nSPS) is 13.4. The molecule has 0 saturated carbocycles. The first-order valence-corrected chi connectivity index (χ1v) is 15.3. The van der Waals surface area contributed by atoms with Gasteiger partial charge in [-0.05, 0) is 62.9 Å². The minimum Gasteiger partial charge on any atom is -0.497 e. The lowest BCUT2D eigenvalue weighted by Gasteiger charge is -2.36. The third kappa shape index (κ3) is 11.4. The molecule has 0 radical (unpaired) electrons. The molecule has 42 heavy (non-hydrogen) atoms. The highest BCUT2D eigenvalue weighted by molar-refractivity contribution is 5.99. The second-order valence-electron chi connectivity index (χ2n) is 11.8. The molecular weight excluding hydrogens is 530 g/mol. The molecule has 0 heterocycles. The first-order chi connectivity index (χ1) is 20.0. The number of hydrogen-bond acceptors (Lipinski definition) is 5. The first kappa shape index (κ1) is 34.7. The molecule has 0 saturated heterocycles. The van der Waals surface area contributed by atoms with E-state index < -0.39 is 23.8 Å². The predicted molar refractivity (Wildman–Crippen MR) is 169 cm³/mol. The van der Waals surface area contributed by atoms with Crippen molar-refractivity contribution in [3.8, 4) is 5.75 Å². The molecule has 232 valence electrons. The van der Waals surface area contributed by atoms with Gasteiger partial charge in [0, 0.05) is 12.2 Å². The van der Waals surface area contributed by atoms with Crippen molar-refractivity contribution in [2.75, 3.05) is 19.0 Å². The number of methoxy groups -OCH3 is 1. The van der Waals surface area contributed by atoms with Gasteiger partial charge in [-0.1, -0.05) is 89.6 Å². The van der Waals surface area contributed by atoms with Crippen LogP contribution in [0, 0.1) is 5.92 Å². The highest BCUT2D eigenvalue weighted by Crippen LogP contribution is 2.27. The lowest BCUT2D eigenvalue weighted by atomic mass is 9.95. The Bertz CT molecular complexity index is 1100. The summed E-state index contributed by atoms with van der Waals surface area (Å²) in [7, 11) is 1.59. The number of carbonyl (C=O) groups is 3. The maximum absolute atomic E-state index is 14.4. The number of nitrogens with zero attached hydrogens (tertiary/aromatic N) is 1. The van der Waals surface area contributed by atoms with E-state index in [4.69, 9.17) is 9.47 Å². The zero-order chi connectivity index (χ0) is 31.1. The van der Waals surface area contributed by atoms with Gasteiger partial charge in [0.2, 0.25) is 5.91 Å². The average Bonchev–Trinajstić information content (AvgIpc) is 2.96. The molecule has 0 aliphatic carbocycles. The summed E-state index contributed by atoms with van der Waals surface area (Å²) in [6, 6.07) is 14.7. The van der Waals surface area contributed by atoms with Crippen molar-refractivity contribution in [2.24, 2.45) is 5.92 Å². The van der Waals surface area contributed by atoms with Gasteiger partial charge in [-0.15, -0.1) is 0 Å². The van der Waals surface area contributed by atoms with E-state index in [0.717, 1.165) is 32.1 Å². The third-order valence-electron chi connectivity index (χ3n) is 7.22. The second kappa shape index (κ2) is 17.4. The fourth-order valence-corrected chi connectivity index (χ4v) is 4.72. The van der Waals surface area contributed by atoms with Crippen molar-refractivity contribution < 1.29 is 23.9 Å². The molecule has 2 aromatic carbocycles. The Labute approximate surface area is 252 Å². The van der Waals surface area contributed by atoms with Crippen molar-refractivity contribution in [1.82, 2.24) is 10.2 Å². The van der Waals surface area contributed by atoms with Gasteiger partial charge in [-0.2, -0.15) is 0 Å². The number of rotatable bonds is 16. The van der Waals surface area contributed by atoms with Crippen LogP contribution < -0.4 is 15.4 Å². The van der Waals surface area contributed by atoms with Crippen LogP contribution in [0.3, 0.4) is 0 Å². The number of carbonyl (C=O) groups excluding carboxylic acids is 3. The minimum absolute atomic E-state index is 0.182. The van der Waals surface area contributed by atoms with Gasteiger partial charge in [0.05, 0.1) is 7.11 Å². The van der Waals surface area contributed by atoms with Gasteiger partial charge in [0.25, 0.3) is 5.91 Å². The Morgan fingerprint density at radius 3 is 2.07 bits per heavy atom. The highest BCUT2D eigenvalue weighted by Gasteiger charge is 2.38. The van der Waals surface area contributed by atoms with Crippen LogP contribution in [-0.4, -0.2) is 48.1 Å². The molecule has 3 atom stereocenters. The predicted octanol–water partition coefficient (Wildman–Crippen LogP) is 7.50. The zero-order valence-electron chi connectivity index (χ0n) is 26.6. The third-order valence-corrected chi connectivity index (χ3v) is 7.22. The number of amides is 3. The maximum atomic E-state index is 14.4. The van der Waals surface area contributed by atoms with Crippen LogP contribution in [0.4, 0.5) is 10.5 Å². The van der Waals surface area contributed by atoms with E-state index in [-0.39, 0.29) is 17.7 Å². The van der Waals surface area contributed by atoms with Crippen LogP contribution in [0.1, 0.15) is 98.1 Å². The highest BCUT2D eigenvalue weighted by atomic mass is 16.6. The van der Waals surface area contributed by atoms with Crippen LogP contribution in [0.5, 0.6) is 5.75 Å². The number of hydrogen-bond donors (Lipinski definition) is 2. The van der Waals surface area contributed by atoms with Crippen LogP contribution in [0.15, 0.2) is 54.6 Å². The monoisotopic (exact) mass is 581 g/mol. The molecule has 2 rings (SSSR count).